The van der Waals surface area contributed by atoms with Crippen molar-refractivity contribution in [2.75, 3.05) is 6.61 Å². The predicted octanol–water partition coefficient (Wildman–Crippen LogP) is 4.20. The summed E-state index contributed by atoms with van der Waals surface area (Å²) in [5, 5.41) is 0.677. The highest BCUT2D eigenvalue weighted by atomic mass is 127. The minimum absolute atomic E-state index is 0.0587. The van der Waals surface area contributed by atoms with Gasteiger partial charge in [0.25, 0.3) is 5.95 Å². The van der Waals surface area contributed by atoms with Crippen molar-refractivity contribution in [1.29, 1.82) is 0 Å². The Bertz CT molecular complexity index is 600. The van der Waals surface area contributed by atoms with Crippen LogP contribution in [0.15, 0.2) is 15.3 Å². The van der Waals surface area contributed by atoms with Crippen LogP contribution in [-0.4, -0.2) is 6.61 Å². The van der Waals surface area contributed by atoms with Gasteiger partial charge in [-0.3, -0.25) is 4.79 Å². The second-order valence-electron chi connectivity index (χ2n) is 4.05. The highest BCUT2D eigenvalue weighted by molar-refractivity contribution is 14.1. The van der Waals surface area contributed by atoms with Gasteiger partial charge in [-0.15, -0.1) is 0 Å². The maximum Gasteiger partial charge on any atom is 0.292 e. The molecule has 5 heteroatoms. The van der Waals surface area contributed by atoms with Gasteiger partial charge in [0.05, 0.1) is 20.4 Å². The van der Waals surface area contributed by atoms with Gasteiger partial charge >= 0.3 is 0 Å². The minimum atomic E-state index is 0.0587. The van der Waals surface area contributed by atoms with E-state index in [0.29, 0.717) is 34.8 Å². The fourth-order valence-electron chi connectivity index (χ4n) is 1.76. The van der Waals surface area contributed by atoms with Crippen LogP contribution < -0.4 is 10.2 Å². The SMILES string of the molecule is CCCOc1oc2sc(I)cc2c(=O)c1CCC. The van der Waals surface area contributed by atoms with Gasteiger partial charge in [-0.2, -0.15) is 0 Å². The Balaban J connectivity index is 2.58. The number of hydrogen-bond donors (Lipinski definition) is 0. The number of halogens is 1. The molecule has 0 aliphatic carbocycles. The van der Waals surface area contributed by atoms with Gasteiger partial charge in [-0.25, -0.2) is 0 Å². The van der Waals surface area contributed by atoms with Gasteiger partial charge in [0.15, 0.2) is 4.90 Å². The van der Waals surface area contributed by atoms with Gasteiger partial charge in [-0.05, 0) is 41.5 Å². The molecular formula is C13H15IO3S. The van der Waals surface area contributed by atoms with Crippen LogP contribution >= 0.6 is 33.9 Å². The molecule has 0 fully saturated rings. The molecule has 18 heavy (non-hydrogen) atoms. The minimum Gasteiger partial charge on any atom is -0.465 e. The van der Waals surface area contributed by atoms with E-state index in [1.807, 2.05) is 19.9 Å². The number of thiophene rings is 1. The number of rotatable bonds is 5. The Morgan fingerprint density at radius 2 is 2.17 bits per heavy atom. The van der Waals surface area contributed by atoms with Crippen LogP contribution in [-0.2, 0) is 6.42 Å². The molecule has 0 atom stereocenters. The third kappa shape index (κ3) is 2.71. The van der Waals surface area contributed by atoms with Gasteiger partial charge in [-0.1, -0.05) is 31.6 Å². The van der Waals surface area contributed by atoms with Crippen molar-refractivity contribution < 1.29 is 9.15 Å². The van der Waals surface area contributed by atoms with Crippen molar-refractivity contribution in [3.05, 3.63) is 24.7 Å². The van der Waals surface area contributed by atoms with E-state index in [2.05, 4.69) is 22.6 Å². The first-order chi connectivity index (χ1) is 8.67. The molecule has 3 nitrogen and oxygen atoms in total. The number of ether oxygens (including phenoxy) is 1. The van der Waals surface area contributed by atoms with Crippen LogP contribution in [0.25, 0.3) is 10.3 Å². The lowest BCUT2D eigenvalue weighted by Gasteiger charge is -2.08. The van der Waals surface area contributed by atoms with Crippen molar-refractivity contribution in [3.8, 4) is 5.95 Å². The molecule has 98 valence electrons. The maximum atomic E-state index is 12.4. The van der Waals surface area contributed by atoms with Crippen LogP contribution in [0.3, 0.4) is 0 Å². The smallest absolute Gasteiger partial charge is 0.292 e. The lowest BCUT2D eigenvalue weighted by atomic mass is 10.1. The van der Waals surface area contributed by atoms with Crippen molar-refractivity contribution in [1.82, 2.24) is 0 Å². The lowest BCUT2D eigenvalue weighted by molar-refractivity contribution is 0.242. The standard InChI is InChI=1S/C13H15IO3S/c1-3-5-8-11(15)9-7-10(14)18-13(9)17-12(8)16-6-4-2/h7H,3-6H2,1-2H3. The van der Waals surface area contributed by atoms with E-state index in [9.17, 15) is 4.79 Å². The van der Waals surface area contributed by atoms with E-state index in [1.54, 1.807) is 0 Å². The fraction of sp³-hybridized carbons (Fsp3) is 0.462. The number of fused-ring (bicyclic) bond motifs is 1. The Morgan fingerprint density at radius 3 is 2.83 bits per heavy atom. The highest BCUT2D eigenvalue weighted by Crippen LogP contribution is 2.30. The quantitative estimate of drug-likeness (QED) is 0.733. The van der Waals surface area contributed by atoms with E-state index < -0.39 is 0 Å². The maximum absolute atomic E-state index is 12.4. The molecule has 0 aliphatic rings. The van der Waals surface area contributed by atoms with Gasteiger partial charge in [0.2, 0.25) is 5.43 Å². The summed E-state index contributed by atoms with van der Waals surface area (Å²) in [4.78, 5) is 13.0. The highest BCUT2D eigenvalue weighted by Gasteiger charge is 2.16. The van der Waals surface area contributed by atoms with E-state index in [1.165, 1.54) is 11.3 Å². The van der Waals surface area contributed by atoms with E-state index >= 15 is 0 Å². The second kappa shape index (κ2) is 6.06. The third-order valence-electron chi connectivity index (χ3n) is 2.56. The summed E-state index contributed by atoms with van der Waals surface area (Å²) in [6.07, 6.45) is 2.50. The van der Waals surface area contributed by atoms with Crippen molar-refractivity contribution in [2.24, 2.45) is 0 Å². The van der Waals surface area contributed by atoms with Crippen molar-refractivity contribution >= 4 is 44.2 Å². The Morgan fingerprint density at radius 1 is 1.39 bits per heavy atom. The summed E-state index contributed by atoms with van der Waals surface area (Å²) < 4.78 is 12.4. The summed E-state index contributed by atoms with van der Waals surface area (Å²) in [6.45, 7) is 4.66. The van der Waals surface area contributed by atoms with Crippen molar-refractivity contribution in [2.45, 2.75) is 33.1 Å². The van der Waals surface area contributed by atoms with Gasteiger partial charge in [0, 0.05) is 0 Å². The van der Waals surface area contributed by atoms with E-state index in [4.69, 9.17) is 9.15 Å². The first-order valence-electron chi connectivity index (χ1n) is 6.05. The summed E-state index contributed by atoms with van der Waals surface area (Å²) in [7, 11) is 0. The topological polar surface area (TPSA) is 39.4 Å². The summed E-state index contributed by atoms with van der Waals surface area (Å²) in [6, 6.07) is 1.88. The molecule has 2 heterocycles. The van der Waals surface area contributed by atoms with E-state index in [0.717, 1.165) is 15.7 Å². The van der Waals surface area contributed by atoms with Crippen LogP contribution in [0.5, 0.6) is 5.95 Å². The average molecular weight is 378 g/mol. The lowest BCUT2D eigenvalue weighted by Crippen LogP contribution is -2.11. The molecule has 0 unspecified atom stereocenters. The van der Waals surface area contributed by atoms with Gasteiger partial charge < -0.3 is 9.15 Å². The molecule has 0 radical (unpaired) electrons. The zero-order chi connectivity index (χ0) is 13.1. The Kier molecular flexibility index (Phi) is 4.66. The molecule has 0 N–H and O–H groups in total. The molecule has 2 aromatic rings. The molecule has 0 saturated heterocycles. The molecule has 2 rings (SSSR count). The van der Waals surface area contributed by atoms with Gasteiger partial charge in [0.1, 0.15) is 0 Å². The van der Waals surface area contributed by atoms with Crippen molar-refractivity contribution in [3.63, 3.8) is 0 Å². The van der Waals surface area contributed by atoms with E-state index in [-0.39, 0.29) is 5.43 Å². The normalized spacial score (nSPS) is 11.1. The second-order valence-corrected chi connectivity index (χ2v) is 6.96. The molecule has 2 aromatic heterocycles. The monoisotopic (exact) mass is 378 g/mol. The Hall–Kier alpha value is -0.560. The zero-order valence-corrected chi connectivity index (χ0v) is 13.4. The summed E-state index contributed by atoms with van der Waals surface area (Å²) >= 11 is 3.68. The Labute approximate surface area is 123 Å². The third-order valence-corrected chi connectivity index (χ3v) is 4.33. The molecule has 0 saturated carbocycles. The largest absolute Gasteiger partial charge is 0.465 e. The summed E-state index contributed by atoms with van der Waals surface area (Å²) in [5.41, 5.74) is 0.732. The molecule has 0 spiro atoms. The molecule has 0 aromatic carbocycles. The summed E-state index contributed by atoms with van der Waals surface area (Å²) in [5.74, 6) is 0.412. The first-order valence-corrected chi connectivity index (χ1v) is 7.94. The average Bonchev–Trinajstić information content (AvgIpc) is 2.72. The molecular weight excluding hydrogens is 363 g/mol. The predicted molar refractivity (Wildman–Crippen MR) is 82.9 cm³/mol. The molecule has 0 bridgehead atoms. The first kappa shape index (κ1) is 13.9. The zero-order valence-electron chi connectivity index (χ0n) is 10.4. The molecule has 0 amide bonds. The van der Waals surface area contributed by atoms with Crippen LogP contribution in [0.1, 0.15) is 32.3 Å². The van der Waals surface area contributed by atoms with Crippen LogP contribution in [0, 0.1) is 2.88 Å². The fourth-order valence-corrected chi connectivity index (χ4v) is 3.40. The number of hydrogen-bond acceptors (Lipinski definition) is 4. The van der Waals surface area contributed by atoms with Crippen LogP contribution in [0.4, 0.5) is 0 Å². The van der Waals surface area contributed by atoms with Crippen LogP contribution in [0.2, 0.25) is 0 Å². The molecule has 0 aliphatic heterocycles.